The number of anilines is 1. The predicted octanol–water partition coefficient (Wildman–Crippen LogP) is 1.72. The molecule has 0 unspecified atom stereocenters. The second-order valence-electron chi connectivity index (χ2n) is 3.23. The molecular weight excluding hydrogens is 178 g/mol. The molecular formula is C11H15NO2. The van der Waals surface area contributed by atoms with Crippen molar-refractivity contribution < 1.29 is 9.53 Å². The van der Waals surface area contributed by atoms with Crippen LogP contribution >= 0.6 is 0 Å². The number of nitrogen functional groups attached to an aromatic ring is 1. The highest BCUT2D eigenvalue weighted by Gasteiger charge is 2.04. The molecule has 3 heteroatoms. The van der Waals surface area contributed by atoms with E-state index in [0.717, 1.165) is 23.8 Å². The van der Waals surface area contributed by atoms with E-state index in [1.165, 1.54) is 0 Å². The van der Waals surface area contributed by atoms with Gasteiger partial charge in [-0.1, -0.05) is 0 Å². The Labute approximate surface area is 83.9 Å². The quantitative estimate of drug-likeness (QED) is 0.585. The van der Waals surface area contributed by atoms with E-state index in [1.54, 1.807) is 7.11 Å². The fourth-order valence-corrected chi connectivity index (χ4v) is 1.41. The Bertz CT molecular complexity index is 334. The summed E-state index contributed by atoms with van der Waals surface area (Å²) < 4.78 is 5.11. The van der Waals surface area contributed by atoms with Crippen LogP contribution in [0.2, 0.25) is 0 Å². The lowest BCUT2D eigenvalue weighted by atomic mass is 10.0. The Morgan fingerprint density at radius 2 is 2.21 bits per heavy atom. The largest absolute Gasteiger partial charge is 0.495 e. The summed E-state index contributed by atoms with van der Waals surface area (Å²) >= 11 is 0. The van der Waals surface area contributed by atoms with Crippen LogP contribution in [0, 0.1) is 6.92 Å². The van der Waals surface area contributed by atoms with Gasteiger partial charge >= 0.3 is 0 Å². The zero-order chi connectivity index (χ0) is 10.6. The van der Waals surface area contributed by atoms with Gasteiger partial charge in [-0.3, -0.25) is 0 Å². The standard InChI is InChI=1S/C11H15NO2/c1-8-6-10(12)11(14-2)7-9(8)4-3-5-13/h5-7H,3-4,12H2,1-2H3. The Kier molecular flexibility index (Phi) is 3.51. The summed E-state index contributed by atoms with van der Waals surface area (Å²) in [6.07, 6.45) is 2.20. The van der Waals surface area contributed by atoms with Crippen LogP contribution in [0.5, 0.6) is 5.75 Å². The van der Waals surface area contributed by atoms with Gasteiger partial charge < -0.3 is 15.3 Å². The van der Waals surface area contributed by atoms with Crippen molar-refractivity contribution in [3.8, 4) is 5.75 Å². The fraction of sp³-hybridized carbons (Fsp3) is 0.364. The van der Waals surface area contributed by atoms with Crippen molar-refractivity contribution in [1.82, 2.24) is 0 Å². The van der Waals surface area contributed by atoms with Crippen LogP contribution in [0.15, 0.2) is 12.1 Å². The van der Waals surface area contributed by atoms with Gasteiger partial charge in [0.2, 0.25) is 0 Å². The molecule has 1 aromatic carbocycles. The van der Waals surface area contributed by atoms with Crippen molar-refractivity contribution in [2.75, 3.05) is 12.8 Å². The summed E-state index contributed by atoms with van der Waals surface area (Å²) in [5.41, 5.74) is 8.59. The molecule has 0 spiro atoms. The van der Waals surface area contributed by atoms with Crippen LogP contribution in [0.3, 0.4) is 0 Å². The predicted molar refractivity (Wildman–Crippen MR) is 56.5 cm³/mol. The highest BCUT2D eigenvalue weighted by atomic mass is 16.5. The molecule has 0 aliphatic carbocycles. The number of ether oxygens (including phenoxy) is 1. The van der Waals surface area contributed by atoms with E-state index in [4.69, 9.17) is 10.5 Å². The van der Waals surface area contributed by atoms with Gasteiger partial charge in [-0.05, 0) is 36.6 Å². The summed E-state index contributed by atoms with van der Waals surface area (Å²) in [7, 11) is 1.59. The number of carbonyl (C=O) groups is 1. The van der Waals surface area contributed by atoms with Crippen LogP contribution in [-0.2, 0) is 11.2 Å². The number of methoxy groups -OCH3 is 1. The normalized spacial score (nSPS) is 9.86. The summed E-state index contributed by atoms with van der Waals surface area (Å²) in [5.74, 6) is 0.677. The van der Waals surface area contributed by atoms with Gasteiger partial charge in [0, 0.05) is 6.42 Å². The van der Waals surface area contributed by atoms with Crippen molar-refractivity contribution in [2.24, 2.45) is 0 Å². The number of aryl methyl sites for hydroxylation is 2. The van der Waals surface area contributed by atoms with Gasteiger partial charge in [0.25, 0.3) is 0 Å². The molecule has 0 saturated heterocycles. The van der Waals surface area contributed by atoms with Crippen molar-refractivity contribution in [1.29, 1.82) is 0 Å². The Morgan fingerprint density at radius 3 is 2.79 bits per heavy atom. The summed E-state index contributed by atoms with van der Waals surface area (Å²) in [6, 6.07) is 3.77. The van der Waals surface area contributed by atoms with Gasteiger partial charge in [0.1, 0.15) is 12.0 Å². The number of hydrogen-bond acceptors (Lipinski definition) is 3. The molecule has 0 saturated carbocycles. The molecule has 0 heterocycles. The molecule has 0 atom stereocenters. The molecule has 0 aromatic heterocycles. The van der Waals surface area contributed by atoms with Crippen LogP contribution < -0.4 is 10.5 Å². The van der Waals surface area contributed by atoms with E-state index in [-0.39, 0.29) is 0 Å². The molecule has 2 N–H and O–H groups in total. The third-order valence-electron chi connectivity index (χ3n) is 2.22. The number of nitrogens with two attached hydrogens (primary N) is 1. The van der Waals surface area contributed by atoms with Crippen molar-refractivity contribution in [3.63, 3.8) is 0 Å². The van der Waals surface area contributed by atoms with Gasteiger partial charge in [-0.2, -0.15) is 0 Å². The topological polar surface area (TPSA) is 52.3 Å². The van der Waals surface area contributed by atoms with E-state index in [9.17, 15) is 4.79 Å². The zero-order valence-corrected chi connectivity index (χ0v) is 8.54. The van der Waals surface area contributed by atoms with Gasteiger partial charge in [0.15, 0.2) is 0 Å². The third kappa shape index (κ3) is 2.25. The average Bonchev–Trinajstić information content (AvgIpc) is 2.17. The average molecular weight is 193 g/mol. The molecule has 3 nitrogen and oxygen atoms in total. The van der Waals surface area contributed by atoms with E-state index in [2.05, 4.69) is 0 Å². The summed E-state index contributed by atoms with van der Waals surface area (Å²) in [6.45, 7) is 1.98. The lowest BCUT2D eigenvalue weighted by Crippen LogP contribution is -1.97. The van der Waals surface area contributed by atoms with Crippen molar-refractivity contribution in [3.05, 3.63) is 23.3 Å². The van der Waals surface area contributed by atoms with Crippen molar-refractivity contribution in [2.45, 2.75) is 19.8 Å². The molecule has 14 heavy (non-hydrogen) atoms. The molecule has 0 radical (unpaired) electrons. The third-order valence-corrected chi connectivity index (χ3v) is 2.22. The number of benzene rings is 1. The van der Waals surface area contributed by atoms with E-state index in [0.29, 0.717) is 17.9 Å². The van der Waals surface area contributed by atoms with E-state index < -0.39 is 0 Å². The SMILES string of the molecule is COc1cc(CCC=O)c(C)cc1N. The molecule has 1 aromatic rings. The second kappa shape index (κ2) is 4.65. The number of carbonyl (C=O) groups excluding carboxylic acids is 1. The first kappa shape index (κ1) is 10.6. The molecule has 1 rings (SSSR count). The van der Waals surface area contributed by atoms with Crippen LogP contribution in [0.1, 0.15) is 17.5 Å². The molecule has 0 aliphatic rings. The Morgan fingerprint density at radius 1 is 1.50 bits per heavy atom. The maximum atomic E-state index is 10.3. The fourth-order valence-electron chi connectivity index (χ4n) is 1.41. The molecule has 0 bridgehead atoms. The number of rotatable bonds is 4. The Hall–Kier alpha value is -1.51. The number of aldehydes is 1. The maximum absolute atomic E-state index is 10.3. The van der Waals surface area contributed by atoms with E-state index >= 15 is 0 Å². The zero-order valence-electron chi connectivity index (χ0n) is 8.54. The lowest BCUT2D eigenvalue weighted by molar-refractivity contribution is -0.107. The maximum Gasteiger partial charge on any atom is 0.142 e. The lowest BCUT2D eigenvalue weighted by Gasteiger charge is -2.09. The second-order valence-corrected chi connectivity index (χ2v) is 3.23. The smallest absolute Gasteiger partial charge is 0.142 e. The number of hydrogen-bond donors (Lipinski definition) is 1. The van der Waals surface area contributed by atoms with Crippen LogP contribution in [0.25, 0.3) is 0 Å². The summed E-state index contributed by atoms with van der Waals surface area (Å²) in [4.78, 5) is 10.3. The highest BCUT2D eigenvalue weighted by molar-refractivity contribution is 5.58. The first-order valence-corrected chi connectivity index (χ1v) is 4.55. The molecule has 0 aliphatic heterocycles. The molecule has 0 amide bonds. The van der Waals surface area contributed by atoms with Gasteiger partial charge in [-0.25, -0.2) is 0 Å². The van der Waals surface area contributed by atoms with Crippen LogP contribution in [-0.4, -0.2) is 13.4 Å². The minimum absolute atomic E-state index is 0.536. The molecule has 0 fully saturated rings. The monoisotopic (exact) mass is 193 g/mol. The Balaban J connectivity index is 2.98. The first-order valence-electron chi connectivity index (χ1n) is 4.55. The summed E-state index contributed by atoms with van der Waals surface area (Å²) in [5, 5.41) is 0. The van der Waals surface area contributed by atoms with Crippen LogP contribution in [0.4, 0.5) is 5.69 Å². The highest BCUT2D eigenvalue weighted by Crippen LogP contribution is 2.25. The minimum atomic E-state index is 0.536. The first-order chi connectivity index (χ1) is 6.69. The van der Waals surface area contributed by atoms with Gasteiger partial charge in [0.05, 0.1) is 12.8 Å². The molecule has 76 valence electrons. The van der Waals surface area contributed by atoms with Crippen molar-refractivity contribution >= 4 is 12.0 Å². The van der Waals surface area contributed by atoms with E-state index in [1.807, 2.05) is 19.1 Å². The van der Waals surface area contributed by atoms with Gasteiger partial charge in [-0.15, -0.1) is 0 Å². The minimum Gasteiger partial charge on any atom is -0.495 e.